The molecule has 2 rings (SSSR count). The van der Waals surface area contributed by atoms with Crippen molar-refractivity contribution in [2.24, 2.45) is 17.8 Å². The zero-order valence-corrected chi connectivity index (χ0v) is 13.0. The van der Waals surface area contributed by atoms with Crippen LogP contribution in [0.1, 0.15) is 40.0 Å². The highest BCUT2D eigenvalue weighted by atomic mass is 16.5. The van der Waals surface area contributed by atoms with E-state index in [0.717, 1.165) is 31.6 Å². The summed E-state index contributed by atoms with van der Waals surface area (Å²) in [7, 11) is 0. The van der Waals surface area contributed by atoms with Crippen LogP contribution in [-0.4, -0.2) is 50.3 Å². The predicted octanol–water partition coefficient (Wildman–Crippen LogP) is 2.37. The first-order chi connectivity index (χ1) is 9.20. The minimum absolute atomic E-state index is 0.578. The maximum absolute atomic E-state index is 5.67. The molecular weight excluding hydrogens is 236 g/mol. The smallest absolute Gasteiger partial charge is 0.0623 e. The monoisotopic (exact) mass is 268 g/mol. The third-order valence-corrected chi connectivity index (χ3v) is 4.97. The Hall–Kier alpha value is -0.120. The van der Waals surface area contributed by atoms with E-state index in [1.54, 1.807) is 0 Å². The van der Waals surface area contributed by atoms with E-state index in [0.29, 0.717) is 12.0 Å². The lowest BCUT2D eigenvalue weighted by atomic mass is 9.89. The second-order valence-corrected chi connectivity index (χ2v) is 6.70. The largest absolute Gasteiger partial charge is 0.379 e. The minimum atomic E-state index is 0.578. The van der Waals surface area contributed by atoms with E-state index in [1.807, 2.05) is 0 Å². The molecule has 2 saturated heterocycles. The molecule has 2 aliphatic heterocycles. The van der Waals surface area contributed by atoms with Crippen molar-refractivity contribution in [3.8, 4) is 0 Å². The van der Waals surface area contributed by atoms with E-state index in [9.17, 15) is 0 Å². The molecule has 3 heteroatoms. The van der Waals surface area contributed by atoms with Crippen LogP contribution >= 0.6 is 0 Å². The summed E-state index contributed by atoms with van der Waals surface area (Å²) < 4.78 is 5.67. The molecule has 0 aromatic heterocycles. The fraction of sp³-hybridized carbons (Fsp3) is 1.00. The van der Waals surface area contributed by atoms with E-state index < -0.39 is 0 Å². The van der Waals surface area contributed by atoms with Crippen molar-refractivity contribution in [2.45, 2.75) is 46.1 Å². The van der Waals surface area contributed by atoms with Crippen LogP contribution in [0.5, 0.6) is 0 Å². The average Bonchev–Trinajstić information content (AvgIpc) is 2.67. The third-order valence-electron chi connectivity index (χ3n) is 4.97. The molecule has 0 aromatic carbocycles. The fourth-order valence-corrected chi connectivity index (χ4v) is 3.63. The van der Waals surface area contributed by atoms with Gasteiger partial charge in [0.1, 0.15) is 0 Å². The van der Waals surface area contributed by atoms with Crippen LogP contribution in [0.3, 0.4) is 0 Å². The Morgan fingerprint density at radius 3 is 2.79 bits per heavy atom. The molecule has 112 valence electrons. The van der Waals surface area contributed by atoms with Crippen molar-refractivity contribution in [1.29, 1.82) is 0 Å². The van der Waals surface area contributed by atoms with Gasteiger partial charge in [0.25, 0.3) is 0 Å². The molecule has 3 unspecified atom stereocenters. The third kappa shape index (κ3) is 4.44. The molecule has 0 bridgehead atoms. The van der Waals surface area contributed by atoms with Gasteiger partial charge in [0.15, 0.2) is 0 Å². The van der Waals surface area contributed by atoms with Gasteiger partial charge in [0.05, 0.1) is 13.2 Å². The number of ether oxygens (including phenoxy) is 1. The summed E-state index contributed by atoms with van der Waals surface area (Å²) in [6, 6.07) is 0.578. The molecule has 3 nitrogen and oxygen atoms in total. The lowest BCUT2D eigenvalue weighted by Gasteiger charge is -2.27. The lowest BCUT2D eigenvalue weighted by molar-refractivity contribution is 0.167. The van der Waals surface area contributed by atoms with Gasteiger partial charge in [0.2, 0.25) is 0 Å². The van der Waals surface area contributed by atoms with Crippen LogP contribution in [0.15, 0.2) is 0 Å². The zero-order chi connectivity index (χ0) is 13.7. The highest BCUT2D eigenvalue weighted by Gasteiger charge is 2.30. The van der Waals surface area contributed by atoms with Crippen LogP contribution in [0.25, 0.3) is 0 Å². The molecule has 0 radical (unpaired) electrons. The average molecular weight is 268 g/mol. The van der Waals surface area contributed by atoms with Gasteiger partial charge in [-0.25, -0.2) is 0 Å². The number of likely N-dealkylation sites (N-methyl/N-ethyl adjacent to an activating group) is 1. The topological polar surface area (TPSA) is 24.5 Å². The molecule has 2 heterocycles. The zero-order valence-electron chi connectivity index (χ0n) is 13.0. The van der Waals surface area contributed by atoms with Gasteiger partial charge in [-0.05, 0) is 50.7 Å². The van der Waals surface area contributed by atoms with Crippen molar-refractivity contribution in [3.05, 3.63) is 0 Å². The van der Waals surface area contributed by atoms with E-state index in [1.165, 1.54) is 38.9 Å². The Labute approximate surface area is 119 Å². The molecule has 0 aliphatic carbocycles. The van der Waals surface area contributed by atoms with E-state index >= 15 is 0 Å². The summed E-state index contributed by atoms with van der Waals surface area (Å²) in [6.45, 7) is 13.7. The Morgan fingerprint density at radius 2 is 2.05 bits per heavy atom. The summed E-state index contributed by atoms with van der Waals surface area (Å²) in [4.78, 5) is 2.69. The predicted molar refractivity (Wildman–Crippen MR) is 80.4 cm³/mol. The first-order valence-electron chi connectivity index (χ1n) is 8.24. The number of nitrogens with one attached hydrogen (secondary N) is 1. The van der Waals surface area contributed by atoms with Crippen molar-refractivity contribution >= 4 is 0 Å². The Bertz CT molecular complexity index is 257. The van der Waals surface area contributed by atoms with Gasteiger partial charge in [-0.1, -0.05) is 20.8 Å². The second kappa shape index (κ2) is 7.61. The summed E-state index contributed by atoms with van der Waals surface area (Å²) in [5, 5.41) is 3.58. The SMILES string of the molecule is CCNC1COCC1CN1CCCC(C(C)C)CC1. The molecular formula is C16H32N2O. The summed E-state index contributed by atoms with van der Waals surface area (Å²) in [5.41, 5.74) is 0. The molecule has 2 aliphatic rings. The number of hydrogen-bond acceptors (Lipinski definition) is 3. The van der Waals surface area contributed by atoms with Gasteiger partial charge in [-0.3, -0.25) is 0 Å². The molecule has 0 amide bonds. The maximum atomic E-state index is 5.67. The van der Waals surface area contributed by atoms with E-state index in [4.69, 9.17) is 4.74 Å². The standard InChI is InChI=1S/C16H32N2O/c1-4-17-16-12-19-11-15(16)10-18-8-5-6-14(7-9-18)13(2)3/h13-17H,4-12H2,1-3H3. The van der Waals surface area contributed by atoms with Crippen molar-refractivity contribution < 1.29 is 4.74 Å². The quantitative estimate of drug-likeness (QED) is 0.828. The first kappa shape index (κ1) is 15.3. The lowest BCUT2D eigenvalue weighted by Crippen LogP contribution is -2.42. The van der Waals surface area contributed by atoms with Crippen molar-refractivity contribution in [2.75, 3.05) is 39.4 Å². The van der Waals surface area contributed by atoms with Crippen molar-refractivity contribution in [3.63, 3.8) is 0 Å². The maximum Gasteiger partial charge on any atom is 0.0623 e. The van der Waals surface area contributed by atoms with Gasteiger partial charge < -0.3 is 15.0 Å². The van der Waals surface area contributed by atoms with E-state index in [2.05, 4.69) is 31.0 Å². The highest BCUT2D eigenvalue weighted by Crippen LogP contribution is 2.25. The van der Waals surface area contributed by atoms with Crippen LogP contribution < -0.4 is 5.32 Å². The minimum Gasteiger partial charge on any atom is -0.379 e. The molecule has 3 atom stereocenters. The van der Waals surface area contributed by atoms with E-state index in [-0.39, 0.29) is 0 Å². The van der Waals surface area contributed by atoms with Crippen LogP contribution in [0.4, 0.5) is 0 Å². The van der Waals surface area contributed by atoms with Crippen LogP contribution in [0, 0.1) is 17.8 Å². The summed E-state index contributed by atoms with van der Waals surface area (Å²) in [6.07, 6.45) is 4.19. The molecule has 0 spiro atoms. The Kier molecular flexibility index (Phi) is 6.11. The van der Waals surface area contributed by atoms with Gasteiger partial charge in [0, 0.05) is 18.5 Å². The molecule has 0 aromatic rings. The summed E-state index contributed by atoms with van der Waals surface area (Å²) >= 11 is 0. The molecule has 0 saturated carbocycles. The first-order valence-corrected chi connectivity index (χ1v) is 8.24. The number of rotatable bonds is 5. The van der Waals surface area contributed by atoms with Gasteiger partial charge >= 0.3 is 0 Å². The second-order valence-electron chi connectivity index (χ2n) is 6.70. The summed E-state index contributed by atoms with van der Waals surface area (Å²) in [5.74, 6) is 2.48. The van der Waals surface area contributed by atoms with Gasteiger partial charge in [-0.2, -0.15) is 0 Å². The Morgan fingerprint density at radius 1 is 1.21 bits per heavy atom. The molecule has 19 heavy (non-hydrogen) atoms. The highest BCUT2D eigenvalue weighted by molar-refractivity contribution is 4.84. The van der Waals surface area contributed by atoms with Gasteiger partial charge in [-0.15, -0.1) is 0 Å². The number of likely N-dealkylation sites (tertiary alicyclic amines) is 1. The molecule has 1 N–H and O–H groups in total. The number of hydrogen-bond donors (Lipinski definition) is 1. The normalized spacial score (nSPS) is 33.8. The fourth-order valence-electron chi connectivity index (χ4n) is 3.63. The Balaban J connectivity index is 1.79. The van der Waals surface area contributed by atoms with Crippen LogP contribution in [-0.2, 0) is 4.74 Å². The van der Waals surface area contributed by atoms with Crippen molar-refractivity contribution in [1.82, 2.24) is 10.2 Å². The number of nitrogens with zero attached hydrogens (tertiary/aromatic N) is 1. The van der Waals surface area contributed by atoms with Crippen LogP contribution in [0.2, 0.25) is 0 Å². The molecule has 2 fully saturated rings.